The molecule has 27 heavy (non-hydrogen) atoms. The molecule has 3 amide bonds. The molecule has 1 aromatic rings. The second-order valence-corrected chi connectivity index (χ2v) is 6.57. The number of benzene rings is 1. The van der Waals surface area contributed by atoms with Crippen LogP contribution in [0.3, 0.4) is 0 Å². The van der Waals surface area contributed by atoms with Crippen molar-refractivity contribution < 1.29 is 19.1 Å². The highest BCUT2D eigenvalue weighted by molar-refractivity contribution is 5.99. The van der Waals surface area contributed by atoms with Crippen molar-refractivity contribution in [2.75, 3.05) is 12.4 Å². The molecule has 0 radical (unpaired) electrons. The van der Waals surface area contributed by atoms with Crippen molar-refractivity contribution in [3.8, 4) is 0 Å². The van der Waals surface area contributed by atoms with Gasteiger partial charge in [-0.25, -0.2) is 0 Å². The summed E-state index contributed by atoms with van der Waals surface area (Å²) in [5, 5.41) is 5.32. The first-order valence-electron chi connectivity index (χ1n) is 9.42. The van der Waals surface area contributed by atoms with Gasteiger partial charge in [0.05, 0.1) is 13.0 Å². The van der Waals surface area contributed by atoms with Crippen molar-refractivity contribution in [2.24, 2.45) is 5.73 Å². The summed E-state index contributed by atoms with van der Waals surface area (Å²) < 4.78 is 5.04. The lowest BCUT2D eigenvalue weighted by atomic mass is 10.1. The molecule has 0 saturated carbocycles. The third-order valence-corrected chi connectivity index (χ3v) is 4.10. The summed E-state index contributed by atoms with van der Waals surface area (Å²) in [5.41, 5.74) is 6.77. The Kier molecular flexibility index (Phi) is 10.8. The standard InChI is InChI=1S/C20H31N3O4/c1-3-4-5-6-7-8-19(25)23-17(13-18(21)24)20(26)22-16-11-9-15(10-12-16)14-27-2/h9-12,17H,3-8,13-14H2,1-2H3,(H2,21,24)(H,22,26)(H,23,25). The van der Waals surface area contributed by atoms with Crippen molar-refractivity contribution in [1.29, 1.82) is 0 Å². The van der Waals surface area contributed by atoms with Gasteiger partial charge in [-0.15, -0.1) is 0 Å². The molecule has 7 nitrogen and oxygen atoms in total. The molecule has 0 fully saturated rings. The van der Waals surface area contributed by atoms with Gasteiger partial charge in [0.15, 0.2) is 0 Å². The highest BCUT2D eigenvalue weighted by atomic mass is 16.5. The van der Waals surface area contributed by atoms with E-state index < -0.39 is 17.9 Å². The first-order valence-corrected chi connectivity index (χ1v) is 9.42. The van der Waals surface area contributed by atoms with Crippen LogP contribution in [-0.4, -0.2) is 30.9 Å². The fourth-order valence-electron chi connectivity index (χ4n) is 2.65. The van der Waals surface area contributed by atoms with Crippen LogP contribution in [0.25, 0.3) is 0 Å². The third kappa shape index (κ3) is 9.75. The Morgan fingerprint density at radius 3 is 2.33 bits per heavy atom. The molecule has 0 aliphatic carbocycles. The summed E-state index contributed by atoms with van der Waals surface area (Å²) in [4.78, 5) is 35.8. The molecule has 7 heteroatoms. The molecular formula is C20H31N3O4. The second-order valence-electron chi connectivity index (χ2n) is 6.57. The van der Waals surface area contributed by atoms with E-state index in [1.165, 1.54) is 0 Å². The van der Waals surface area contributed by atoms with Gasteiger partial charge in [0.1, 0.15) is 6.04 Å². The number of anilines is 1. The fourth-order valence-corrected chi connectivity index (χ4v) is 2.65. The van der Waals surface area contributed by atoms with Crippen LogP contribution in [0.15, 0.2) is 24.3 Å². The van der Waals surface area contributed by atoms with Gasteiger partial charge in [-0.05, 0) is 24.1 Å². The lowest BCUT2D eigenvalue weighted by Crippen LogP contribution is -2.46. The molecule has 0 spiro atoms. The summed E-state index contributed by atoms with van der Waals surface area (Å²) in [6.07, 6.45) is 5.21. The Labute approximate surface area is 161 Å². The highest BCUT2D eigenvalue weighted by Gasteiger charge is 2.22. The third-order valence-electron chi connectivity index (χ3n) is 4.10. The summed E-state index contributed by atoms with van der Waals surface area (Å²) in [6.45, 7) is 2.61. The Hall–Kier alpha value is -2.41. The maximum atomic E-state index is 12.5. The van der Waals surface area contributed by atoms with Crippen molar-refractivity contribution in [1.82, 2.24) is 5.32 Å². The van der Waals surface area contributed by atoms with Crippen LogP contribution in [0.2, 0.25) is 0 Å². The van der Waals surface area contributed by atoms with Gasteiger partial charge in [-0.3, -0.25) is 14.4 Å². The van der Waals surface area contributed by atoms with Crippen LogP contribution in [-0.2, 0) is 25.7 Å². The van der Waals surface area contributed by atoms with E-state index in [0.29, 0.717) is 18.7 Å². The van der Waals surface area contributed by atoms with Gasteiger partial charge in [0.25, 0.3) is 0 Å². The topological polar surface area (TPSA) is 111 Å². The number of hydrogen-bond donors (Lipinski definition) is 3. The number of nitrogens with one attached hydrogen (secondary N) is 2. The number of methoxy groups -OCH3 is 1. The Morgan fingerprint density at radius 1 is 1.07 bits per heavy atom. The minimum absolute atomic E-state index is 0.241. The molecule has 0 bridgehead atoms. The van der Waals surface area contributed by atoms with E-state index in [9.17, 15) is 14.4 Å². The van der Waals surface area contributed by atoms with Crippen LogP contribution in [0.4, 0.5) is 5.69 Å². The molecule has 4 N–H and O–H groups in total. The molecule has 1 aromatic carbocycles. The number of primary amides is 1. The van der Waals surface area contributed by atoms with Gasteiger partial charge in [0, 0.05) is 19.2 Å². The first kappa shape index (κ1) is 22.6. The van der Waals surface area contributed by atoms with Gasteiger partial charge >= 0.3 is 0 Å². The number of nitrogens with two attached hydrogens (primary N) is 1. The van der Waals surface area contributed by atoms with Gasteiger partial charge in [0.2, 0.25) is 17.7 Å². The molecule has 1 rings (SSSR count). The molecule has 150 valence electrons. The van der Waals surface area contributed by atoms with Gasteiger partial charge < -0.3 is 21.1 Å². The zero-order valence-corrected chi connectivity index (χ0v) is 16.3. The SMILES string of the molecule is CCCCCCCC(=O)NC(CC(N)=O)C(=O)Nc1ccc(COC)cc1. The average molecular weight is 377 g/mol. The maximum absolute atomic E-state index is 12.5. The summed E-state index contributed by atoms with van der Waals surface area (Å²) >= 11 is 0. The Bertz CT molecular complexity index is 602. The molecule has 0 saturated heterocycles. The number of amides is 3. The number of rotatable bonds is 13. The van der Waals surface area contributed by atoms with Crippen molar-refractivity contribution in [3.63, 3.8) is 0 Å². The highest BCUT2D eigenvalue weighted by Crippen LogP contribution is 2.11. The zero-order valence-electron chi connectivity index (χ0n) is 16.3. The minimum atomic E-state index is -0.982. The monoisotopic (exact) mass is 377 g/mol. The lowest BCUT2D eigenvalue weighted by molar-refractivity contribution is -0.128. The summed E-state index contributed by atoms with van der Waals surface area (Å²) in [6, 6.07) is 6.16. The molecule has 0 aliphatic heterocycles. The lowest BCUT2D eigenvalue weighted by Gasteiger charge is -2.17. The molecule has 0 aromatic heterocycles. The summed E-state index contributed by atoms with van der Waals surface area (Å²) in [5.74, 6) is -1.36. The molecule has 0 heterocycles. The second kappa shape index (κ2) is 12.9. The number of hydrogen-bond acceptors (Lipinski definition) is 4. The molecule has 1 unspecified atom stereocenters. The van der Waals surface area contributed by atoms with E-state index in [-0.39, 0.29) is 12.3 Å². The normalized spacial score (nSPS) is 11.6. The van der Waals surface area contributed by atoms with Crippen LogP contribution < -0.4 is 16.4 Å². The number of carbonyl (C=O) groups excluding carboxylic acids is 3. The summed E-state index contributed by atoms with van der Waals surface area (Å²) in [7, 11) is 1.61. The van der Waals surface area contributed by atoms with Gasteiger partial charge in [-0.1, -0.05) is 44.7 Å². The van der Waals surface area contributed by atoms with E-state index >= 15 is 0 Å². The molecule has 1 atom stereocenters. The zero-order chi connectivity index (χ0) is 20.1. The Balaban J connectivity index is 2.57. The first-order chi connectivity index (χ1) is 13.0. The van der Waals surface area contributed by atoms with Crippen molar-refractivity contribution in [3.05, 3.63) is 29.8 Å². The maximum Gasteiger partial charge on any atom is 0.247 e. The van der Waals surface area contributed by atoms with E-state index in [4.69, 9.17) is 10.5 Å². The van der Waals surface area contributed by atoms with Crippen molar-refractivity contribution >= 4 is 23.4 Å². The van der Waals surface area contributed by atoms with Crippen molar-refractivity contribution in [2.45, 2.75) is 64.5 Å². The predicted molar refractivity (Wildman–Crippen MR) is 105 cm³/mol. The number of unbranched alkanes of at least 4 members (excludes halogenated alkanes) is 4. The average Bonchev–Trinajstić information content (AvgIpc) is 2.62. The Morgan fingerprint density at radius 2 is 1.74 bits per heavy atom. The minimum Gasteiger partial charge on any atom is -0.380 e. The van der Waals surface area contributed by atoms with E-state index in [0.717, 1.165) is 37.7 Å². The van der Waals surface area contributed by atoms with E-state index in [1.54, 1.807) is 19.2 Å². The van der Waals surface area contributed by atoms with Crippen LogP contribution in [0, 0.1) is 0 Å². The number of carbonyl (C=O) groups is 3. The van der Waals surface area contributed by atoms with Crippen LogP contribution in [0.5, 0.6) is 0 Å². The quantitative estimate of drug-likeness (QED) is 0.459. The fraction of sp³-hybridized carbons (Fsp3) is 0.550. The van der Waals surface area contributed by atoms with Crippen LogP contribution in [0.1, 0.15) is 57.4 Å². The molecule has 0 aliphatic rings. The smallest absolute Gasteiger partial charge is 0.247 e. The number of ether oxygens (including phenoxy) is 1. The predicted octanol–water partition coefficient (Wildman–Crippen LogP) is 2.49. The molecular weight excluding hydrogens is 346 g/mol. The van der Waals surface area contributed by atoms with E-state index in [2.05, 4.69) is 17.6 Å². The van der Waals surface area contributed by atoms with Crippen LogP contribution >= 0.6 is 0 Å². The van der Waals surface area contributed by atoms with Gasteiger partial charge in [-0.2, -0.15) is 0 Å². The largest absolute Gasteiger partial charge is 0.380 e. The van der Waals surface area contributed by atoms with E-state index in [1.807, 2.05) is 12.1 Å².